The minimum Gasteiger partial charge on any atom is -0.496 e. The lowest BCUT2D eigenvalue weighted by atomic mass is 9.98. The molecule has 0 bridgehead atoms. The molecule has 0 unspecified atom stereocenters. The summed E-state index contributed by atoms with van der Waals surface area (Å²) in [7, 11) is 1.63. The topological polar surface area (TPSA) is 95.9 Å². The van der Waals surface area contributed by atoms with Crippen molar-refractivity contribution in [3.8, 4) is 5.75 Å². The molecule has 2 fully saturated rings. The molecule has 2 aromatic carbocycles. The van der Waals surface area contributed by atoms with E-state index in [1.165, 1.54) is 11.8 Å². The maximum Gasteiger partial charge on any atom is 0.339 e. The number of benzene rings is 2. The summed E-state index contributed by atoms with van der Waals surface area (Å²) in [6, 6.07) is 16.3. The first kappa shape index (κ1) is 28.6. The smallest absolute Gasteiger partial charge is 0.339 e. The molecule has 1 aromatic heterocycles. The number of ether oxygens (including phenoxy) is 1. The maximum absolute atomic E-state index is 13.6. The van der Waals surface area contributed by atoms with Crippen molar-refractivity contribution in [2.24, 2.45) is 5.92 Å². The van der Waals surface area contributed by atoms with Crippen molar-refractivity contribution >= 4 is 17.8 Å². The number of anilines is 1. The average Bonchev–Trinajstić information content (AvgIpc) is 3.29. The van der Waals surface area contributed by atoms with E-state index in [0.29, 0.717) is 49.3 Å². The van der Waals surface area contributed by atoms with E-state index in [1.807, 2.05) is 24.3 Å². The van der Waals surface area contributed by atoms with Crippen LogP contribution in [-0.2, 0) is 24.1 Å². The monoisotopic (exact) mass is 556 g/mol. The molecular formula is C33H40N4O4. The molecule has 2 atom stereocenters. The molecule has 8 heteroatoms. The third-order valence-corrected chi connectivity index (χ3v) is 8.55. The first-order valence-corrected chi connectivity index (χ1v) is 14.7. The summed E-state index contributed by atoms with van der Waals surface area (Å²) in [6.07, 6.45) is 6.09. The highest BCUT2D eigenvalue weighted by Crippen LogP contribution is 2.33. The van der Waals surface area contributed by atoms with Gasteiger partial charge in [0.2, 0.25) is 11.9 Å². The number of carbonyl (C=O) groups excluding carboxylic acids is 1. The molecule has 2 saturated heterocycles. The van der Waals surface area contributed by atoms with Crippen LogP contribution in [0.2, 0.25) is 0 Å². The number of carboxylic acids is 1. The number of aromatic carboxylic acids is 1. The van der Waals surface area contributed by atoms with Gasteiger partial charge in [0.15, 0.2) is 0 Å². The molecule has 1 amide bonds. The predicted octanol–water partition coefficient (Wildman–Crippen LogP) is 5.15. The van der Waals surface area contributed by atoms with Crippen LogP contribution in [0.3, 0.4) is 0 Å². The fraction of sp³-hybridized carbons (Fsp3) is 0.455. The number of carboxylic acid groups (broad SMARTS) is 1. The second-order valence-corrected chi connectivity index (χ2v) is 11.5. The number of fused-ring (bicyclic) bond motifs is 1. The molecule has 2 aliphatic heterocycles. The van der Waals surface area contributed by atoms with Crippen molar-refractivity contribution in [3.05, 3.63) is 82.7 Å². The van der Waals surface area contributed by atoms with E-state index in [0.717, 1.165) is 49.2 Å². The Labute approximate surface area is 242 Å². The van der Waals surface area contributed by atoms with Gasteiger partial charge in [-0.2, -0.15) is 0 Å². The fourth-order valence-corrected chi connectivity index (χ4v) is 6.19. The van der Waals surface area contributed by atoms with Crippen molar-refractivity contribution in [1.29, 1.82) is 0 Å². The molecule has 3 aromatic rings. The Hall–Kier alpha value is -3.94. The molecule has 41 heavy (non-hydrogen) atoms. The standard InChI is InChI=1S/C33H40N4O4/c1-22(2)24-14-11-23(12-15-24)13-16-28-27(32(39)40)19-34-33(35-28)36-20-26-9-6-7-17-37(29(26)21-36)31(38)18-25-8-4-5-10-30(25)41-3/h4-5,8,10-12,14-15,19,22,26,29H,6-7,9,13,16-18,20-21H2,1-3H3,(H,39,40)/t26-,29-/m0/s1. The predicted molar refractivity (Wildman–Crippen MR) is 159 cm³/mol. The van der Waals surface area contributed by atoms with Gasteiger partial charge in [-0.25, -0.2) is 14.8 Å². The lowest BCUT2D eigenvalue weighted by Crippen LogP contribution is -2.45. The van der Waals surface area contributed by atoms with Gasteiger partial charge in [0.1, 0.15) is 5.75 Å². The van der Waals surface area contributed by atoms with E-state index in [4.69, 9.17) is 9.72 Å². The highest BCUT2D eigenvalue weighted by molar-refractivity contribution is 5.88. The Morgan fingerprint density at radius 2 is 1.83 bits per heavy atom. The fourth-order valence-electron chi connectivity index (χ4n) is 6.19. The molecule has 0 spiro atoms. The number of likely N-dealkylation sites (tertiary alicyclic amines) is 1. The van der Waals surface area contributed by atoms with Crippen LogP contribution >= 0.6 is 0 Å². The van der Waals surface area contributed by atoms with Crippen molar-refractivity contribution in [2.75, 3.05) is 31.6 Å². The van der Waals surface area contributed by atoms with E-state index in [-0.39, 0.29) is 17.5 Å². The van der Waals surface area contributed by atoms with Crippen LogP contribution in [0.4, 0.5) is 5.95 Å². The minimum absolute atomic E-state index is 0.0744. The summed E-state index contributed by atoms with van der Waals surface area (Å²) < 4.78 is 5.48. The highest BCUT2D eigenvalue weighted by Gasteiger charge is 2.40. The van der Waals surface area contributed by atoms with E-state index < -0.39 is 5.97 Å². The van der Waals surface area contributed by atoms with Crippen LogP contribution in [0, 0.1) is 5.92 Å². The van der Waals surface area contributed by atoms with Gasteiger partial charge >= 0.3 is 5.97 Å². The van der Waals surface area contributed by atoms with Crippen LogP contribution in [0.25, 0.3) is 0 Å². The zero-order valence-electron chi connectivity index (χ0n) is 24.3. The summed E-state index contributed by atoms with van der Waals surface area (Å²) in [5.74, 6) is 1.17. The largest absolute Gasteiger partial charge is 0.496 e. The molecule has 0 aliphatic carbocycles. The van der Waals surface area contributed by atoms with Crippen molar-refractivity contribution in [1.82, 2.24) is 14.9 Å². The van der Waals surface area contributed by atoms with Crippen LogP contribution in [0.15, 0.2) is 54.7 Å². The summed E-state index contributed by atoms with van der Waals surface area (Å²) >= 11 is 0. The SMILES string of the molecule is COc1ccccc1CC(=O)N1CCCC[C@H]2CN(c3ncc(C(=O)O)c(CCc4ccc(C(C)C)cc4)n3)C[C@@H]21. The van der Waals surface area contributed by atoms with Gasteiger partial charge in [0.05, 0.1) is 30.8 Å². The van der Waals surface area contributed by atoms with Gasteiger partial charge in [-0.3, -0.25) is 4.79 Å². The Balaban J connectivity index is 1.32. The van der Waals surface area contributed by atoms with Crippen LogP contribution in [0.1, 0.15) is 71.8 Å². The number of aryl methyl sites for hydroxylation is 2. The van der Waals surface area contributed by atoms with Crippen molar-refractivity contribution in [2.45, 2.75) is 64.3 Å². The number of aromatic nitrogens is 2. The first-order chi connectivity index (χ1) is 19.8. The number of hydrogen-bond acceptors (Lipinski definition) is 6. The average molecular weight is 557 g/mol. The summed E-state index contributed by atoms with van der Waals surface area (Å²) in [4.78, 5) is 39.0. The lowest BCUT2D eigenvalue weighted by Gasteiger charge is -2.30. The molecule has 216 valence electrons. The zero-order valence-corrected chi connectivity index (χ0v) is 24.3. The van der Waals surface area contributed by atoms with Crippen LogP contribution in [0.5, 0.6) is 5.75 Å². The maximum atomic E-state index is 13.6. The second-order valence-electron chi connectivity index (χ2n) is 11.5. The number of hydrogen-bond donors (Lipinski definition) is 1. The summed E-state index contributed by atoms with van der Waals surface area (Å²) in [5.41, 5.74) is 4.03. The molecular weight excluding hydrogens is 516 g/mol. The molecule has 1 N–H and O–H groups in total. The molecule has 0 saturated carbocycles. The van der Waals surface area contributed by atoms with E-state index >= 15 is 0 Å². The Kier molecular flexibility index (Phi) is 8.86. The highest BCUT2D eigenvalue weighted by atomic mass is 16.5. The van der Waals surface area contributed by atoms with E-state index in [9.17, 15) is 14.7 Å². The number of nitrogens with zero attached hydrogens (tertiary/aromatic N) is 4. The van der Waals surface area contributed by atoms with Crippen molar-refractivity contribution < 1.29 is 19.4 Å². The van der Waals surface area contributed by atoms with E-state index in [1.54, 1.807) is 7.11 Å². The molecule has 0 radical (unpaired) electrons. The van der Waals surface area contributed by atoms with Gasteiger partial charge < -0.3 is 19.6 Å². The van der Waals surface area contributed by atoms with Gasteiger partial charge in [0, 0.05) is 31.4 Å². The number of carbonyl (C=O) groups is 2. The number of rotatable bonds is 9. The molecule has 3 heterocycles. The Morgan fingerprint density at radius 3 is 2.56 bits per heavy atom. The zero-order chi connectivity index (χ0) is 28.9. The second kappa shape index (κ2) is 12.7. The third-order valence-electron chi connectivity index (χ3n) is 8.55. The number of methoxy groups -OCH3 is 1. The number of amides is 1. The molecule has 2 aliphatic rings. The van der Waals surface area contributed by atoms with Gasteiger partial charge in [-0.1, -0.05) is 62.7 Å². The third kappa shape index (κ3) is 6.53. The van der Waals surface area contributed by atoms with Gasteiger partial charge in [-0.15, -0.1) is 0 Å². The lowest BCUT2D eigenvalue weighted by molar-refractivity contribution is -0.132. The normalized spacial score (nSPS) is 18.7. The van der Waals surface area contributed by atoms with Gasteiger partial charge in [-0.05, 0) is 54.7 Å². The van der Waals surface area contributed by atoms with Crippen LogP contribution < -0.4 is 9.64 Å². The van der Waals surface area contributed by atoms with Crippen molar-refractivity contribution in [3.63, 3.8) is 0 Å². The van der Waals surface area contributed by atoms with E-state index in [2.05, 4.69) is 52.9 Å². The first-order valence-electron chi connectivity index (χ1n) is 14.7. The summed E-state index contributed by atoms with van der Waals surface area (Å²) in [6.45, 7) is 6.48. The molecule has 8 nitrogen and oxygen atoms in total. The van der Waals surface area contributed by atoms with Gasteiger partial charge in [0.25, 0.3) is 0 Å². The Bertz CT molecular complexity index is 1370. The quantitative estimate of drug-likeness (QED) is 0.389. The molecule has 5 rings (SSSR count). The Morgan fingerprint density at radius 1 is 1.05 bits per heavy atom. The number of para-hydroxylation sites is 1. The summed E-state index contributed by atoms with van der Waals surface area (Å²) in [5, 5.41) is 9.82. The van der Waals surface area contributed by atoms with Crippen LogP contribution in [-0.4, -0.2) is 64.6 Å². The minimum atomic E-state index is -1.01.